The van der Waals surface area contributed by atoms with E-state index in [9.17, 15) is 29.9 Å². The summed E-state index contributed by atoms with van der Waals surface area (Å²) >= 11 is 1.25. The molecule has 0 saturated carbocycles. The Balaban J connectivity index is 1.82. The molecule has 0 atom stereocenters. The molecule has 11 heteroatoms. The fraction of sp³-hybridized carbons (Fsp3) is 0.0500. The number of nitrogens with one attached hydrogen (secondary N) is 1. The second-order valence-corrected chi connectivity index (χ2v) is 7.19. The average molecular weight is 441 g/mol. The SMILES string of the molecule is C/C(=N\NC(=O)c1ccc(C(=O)O)c([N+](=O)[O-])c1)c1csc(-c2ccc(O)cc2)c1O. The van der Waals surface area contributed by atoms with Crippen LogP contribution in [0.15, 0.2) is 52.9 Å². The number of thiophene rings is 1. The molecule has 0 aliphatic rings. The zero-order valence-corrected chi connectivity index (χ0v) is 16.7. The quantitative estimate of drug-likeness (QED) is 0.258. The Morgan fingerprint density at radius 3 is 2.39 bits per heavy atom. The van der Waals surface area contributed by atoms with Crippen LogP contribution in [-0.4, -0.2) is 37.8 Å². The summed E-state index contributed by atoms with van der Waals surface area (Å²) in [6, 6.07) is 9.24. The van der Waals surface area contributed by atoms with Gasteiger partial charge in [-0.25, -0.2) is 10.2 Å². The third-order valence-electron chi connectivity index (χ3n) is 4.30. The molecule has 0 unspecified atom stereocenters. The first-order valence-electron chi connectivity index (χ1n) is 8.65. The molecule has 31 heavy (non-hydrogen) atoms. The van der Waals surface area contributed by atoms with Crippen molar-refractivity contribution >= 4 is 34.6 Å². The van der Waals surface area contributed by atoms with E-state index in [1.165, 1.54) is 23.5 Å². The van der Waals surface area contributed by atoms with Crippen molar-refractivity contribution < 1.29 is 29.8 Å². The van der Waals surface area contributed by atoms with Crippen LogP contribution in [0.25, 0.3) is 10.4 Å². The Kier molecular flexibility index (Phi) is 5.97. The molecule has 0 aliphatic carbocycles. The number of hydrogen-bond donors (Lipinski definition) is 4. The molecular weight excluding hydrogens is 426 g/mol. The molecule has 0 fully saturated rings. The summed E-state index contributed by atoms with van der Waals surface area (Å²) < 4.78 is 0. The number of hydrazone groups is 1. The van der Waals surface area contributed by atoms with Crippen LogP contribution in [0.2, 0.25) is 0 Å². The number of benzene rings is 2. The summed E-state index contributed by atoms with van der Waals surface area (Å²) in [6.07, 6.45) is 0. The highest BCUT2D eigenvalue weighted by molar-refractivity contribution is 7.14. The molecule has 1 aromatic heterocycles. The van der Waals surface area contributed by atoms with E-state index >= 15 is 0 Å². The number of nitrogens with zero attached hydrogens (tertiary/aromatic N) is 2. The van der Waals surface area contributed by atoms with Crippen molar-refractivity contribution in [3.8, 4) is 21.9 Å². The third kappa shape index (κ3) is 4.51. The van der Waals surface area contributed by atoms with Gasteiger partial charge in [-0.3, -0.25) is 14.9 Å². The number of rotatable bonds is 6. The maximum absolute atomic E-state index is 12.3. The minimum absolute atomic E-state index is 0.0485. The Morgan fingerprint density at radius 1 is 1.10 bits per heavy atom. The molecule has 3 rings (SSSR count). The Hall–Kier alpha value is -4.25. The molecule has 10 nitrogen and oxygen atoms in total. The standard InChI is InChI=1S/C20H15N3O7S/c1-10(15-9-31-18(17(15)25)11-2-5-13(24)6-3-11)21-22-19(26)12-4-7-14(20(27)28)16(8-12)23(29)30/h2-9,24-25H,1H3,(H,22,26)(H,27,28)/b21-10+. The minimum Gasteiger partial charge on any atom is -0.508 e. The van der Waals surface area contributed by atoms with E-state index in [0.29, 0.717) is 16.0 Å². The largest absolute Gasteiger partial charge is 0.508 e. The van der Waals surface area contributed by atoms with Gasteiger partial charge in [0, 0.05) is 17.0 Å². The smallest absolute Gasteiger partial charge is 0.342 e. The number of carbonyl (C=O) groups excluding carboxylic acids is 1. The highest BCUT2D eigenvalue weighted by Gasteiger charge is 2.22. The monoisotopic (exact) mass is 441 g/mol. The van der Waals surface area contributed by atoms with Gasteiger partial charge < -0.3 is 15.3 Å². The Bertz CT molecular complexity index is 1220. The van der Waals surface area contributed by atoms with Crippen molar-refractivity contribution in [1.82, 2.24) is 5.43 Å². The van der Waals surface area contributed by atoms with Crippen LogP contribution in [-0.2, 0) is 0 Å². The second-order valence-electron chi connectivity index (χ2n) is 6.31. The maximum Gasteiger partial charge on any atom is 0.342 e. The zero-order valence-electron chi connectivity index (χ0n) is 15.9. The van der Waals surface area contributed by atoms with Crippen LogP contribution < -0.4 is 5.43 Å². The number of nitro benzene ring substituents is 1. The van der Waals surface area contributed by atoms with Crippen molar-refractivity contribution in [3.63, 3.8) is 0 Å². The van der Waals surface area contributed by atoms with Crippen molar-refractivity contribution in [2.45, 2.75) is 6.92 Å². The average Bonchev–Trinajstić information content (AvgIpc) is 3.13. The van der Waals surface area contributed by atoms with E-state index in [4.69, 9.17) is 5.11 Å². The molecule has 0 spiro atoms. The lowest BCUT2D eigenvalue weighted by atomic mass is 10.1. The lowest BCUT2D eigenvalue weighted by Gasteiger charge is -2.05. The van der Waals surface area contributed by atoms with Gasteiger partial charge in [0.25, 0.3) is 11.6 Å². The van der Waals surface area contributed by atoms with E-state index in [2.05, 4.69) is 10.5 Å². The first-order valence-corrected chi connectivity index (χ1v) is 9.53. The lowest BCUT2D eigenvalue weighted by molar-refractivity contribution is -0.385. The van der Waals surface area contributed by atoms with Gasteiger partial charge in [0.2, 0.25) is 0 Å². The number of carboxylic acids is 1. The summed E-state index contributed by atoms with van der Waals surface area (Å²) in [7, 11) is 0. The molecule has 1 amide bonds. The summed E-state index contributed by atoms with van der Waals surface area (Å²) in [5, 5.41) is 45.5. The zero-order chi connectivity index (χ0) is 22.7. The topological polar surface area (TPSA) is 162 Å². The van der Waals surface area contributed by atoms with Gasteiger partial charge in [-0.1, -0.05) is 0 Å². The van der Waals surface area contributed by atoms with Gasteiger partial charge in [-0.2, -0.15) is 5.10 Å². The molecule has 0 aliphatic heterocycles. The maximum atomic E-state index is 12.3. The van der Waals surface area contributed by atoms with Gasteiger partial charge >= 0.3 is 5.97 Å². The van der Waals surface area contributed by atoms with Crippen molar-refractivity contribution in [2.75, 3.05) is 0 Å². The van der Waals surface area contributed by atoms with Gasteiger partial charge in [-0.05, 0) is 48.9 Å². The first kappa shape index (κ1) is 21.5. The third-order valence-corrected chi connectivity index (χ3v) is 5.31. The number of phenols is 1. The predicted octanol–water partition coefficient (Wildman–Crippen LogP) is 3.59. The second kappa shape index (κ2) is 8.63. The van der Waals surface area contributed by atoms with Crippen LogP contribution >= 0.6 is 11.3 Å². The van der Waals surface area contributed by atoms with Crippen LogP contribution in [0, 0.1) is 10.1 Å². The van der Waals surface area contributed by atoms with Gasteiger partial charge in [0.15, 0.2) is 0 Å². The molecule has 4 N–H and O–H groups in total. The summed E-state index contributed by atoms with van der Waals surface area (Å²) in [4.78, 5) is 34.1. The number of nitro groups is 1. The number of aromatic carboxylic acids is 1. The van der Waals surface area contributed by atoms with Crippen molar-refractivity contribution in [3.05, 3.63) is 74.6 Å². The van der Waals surface area contributed by atoms with E-state index < -0.39 is 28.1 Å². The molecule has 2 aromatic carbocycles. The van der Waals surface area contributed by atoms with Crippen molar-refractivity contribution in [2.24, 2.45) is 5.10 Å². The predicted molar refractivity (Wildman–Crippen MR) is 113 cm³/mol. The number of phenolic OH excluding ortho intramolecular Hbond substituents is 1. The highest BCUT2D eigenvalue weighted by Crippen LogP contribution is 2.39. The number of carboxylic acid groups (broad SMARTS) is 1. The Labute approximate surface area is 178 Å². The number of hydrogen-bond acceptors (Lipinski definition) is 8. The van der Waals surface area contributed by atoms with Crippen LogP contribution in [0.4, 0.5) is 5.69 Å². The number of amides is 1. The van der Waals surface area contributed by atoms with E-state index in [0.717, 1.165) is 18.2 Å². The lowest BCUT2D eigenvalue weighted by Crippen LogP contribution is -2.19. The minimum atomic E-state index is -1.48. The first-order chi connectivity index (χ1) is 14.7. The molecule has 0 saturated heterocycles. The van der Waals surface area contributed by atoms with Crippen LogP contribution in [0.3, 0.4) is 0 Å². The van der Waals surface area contributed by atoms with Gasteiger partial charge in [-0.15, -0.1) is 11.3 Å². The van der Waals surface area contributed by atoms with Crippen molar-refractivity contribution in [1.29, 1.82) is 0 Å². The number of carbonyl (C=O) groups is 2. The van der Waals surface area contributed by atoms with Gasteiger partial charge in [0.1, 0.15) is 17.1 Å². The van der Waals surface area contributed by atoms with Crippen LogP contribution in [0.1, 0.15) is 33.2 Å². The fourth-order valence-corrected chi connectivity index (χ4v) is 3.70. The molecule has 3 aromatic rings. The van der Waals surface area contributed by atoms with Gasteiger partial charge in [0.05, 0.1) is 21.1 Å². The fourth-order valence-electron chi connectivity index (χ4n) is 2.69. The van der Waals surface area contributed by atoms with E-state index in [-0.39, 0.29) is 22.8 Å². The number of aromatic hydroxyl groups is 2. The highest BCUT2D eigenvalue weighted by atomic mass is 32.1. The summed E-state index contributed by atoms with van der Waals surface area (Å²) in [6.45, 7) is 1.55. The molecule has 158 valence electrons. The van der Waals surface area contributed by atoms with E-state index in [1.807, 2.05) is 0 Å². The Morgan fingerprint density at radius 2 is 1.77 bits per heavy atom. The molecule has 0 bridgehead atoms. The molecule has 1 heterocycles. The normalized spacial score (nSPS) is 11.2. The molecule has 0 radical (unpaired) electrons. The summed E-state index contributed by atoms with van der Waals surface area (Å²) in [5.74, 6) is -2.22. The van der Waals surface area contributed by atoms with E-state index in [1.54, 1.807) is 24.4 Å². The molecular formula is C20H15N3O7S. The summed E-state index contributed by atoms with van der Waals surface area (Å²) in [5.41, 5.74) is 2.19. The van der Waals surface area contributed by atoms with Crippen LogP contribution in [0.5, 0.6) is 11.5 Å².